The summed E-state index contributed by atoms with van der Waals surface area (Å²) in [5, 5.41) is 22.8. The Balaban J connectivity index is 1.18. The summed E-state index contributed by atoms with van der Waals surface area (Å²) < 4.78 is 12.8. The summed E-state index contributed by atoms with van der Waals surface area (Å²) >= 11 is 0. The molecule has 6 aliphatic rings. The lowest BCUT2D eigenvalue weighted by molar-refractivity contribution is -0.211. The minimum atomic E-state index is -0.940. The van der Waals surface area contributed by atoms with E-state index in [9.17, 15) is 19.8 Å². The predicted octanol–water partition coefficient (Wildman–Crippen LogP) is 6.51. The summed E-state index contributed by atoms with van der Waals surface area (Å²) in [5.74, 6) is 0.151. The molecule has 0 radical (unpaired) electrons. The molecule has 1 aliphatic heterocycles. The lowest BCUT2D eigenvalue weighted by Crippen LogP contribution is -2.62. The van der Waals surface area contributed by atoms with Gasteiger partial charge in [-0.05, 0) is 118 Å². The van der Waals surface area contributed by atoms with Crippen LogP contribution in [0.3, 0.4) is 0 Å². The van der Waals surface area contributed by atoms with Crippen molar-refractivity contribution in [3.05, 3.63) is 35.9 Å². The quantitative estimate of drug-likeness (QED) is 0.387. The van der Waals surface area contributed by atoms with Gasteiger partial charge in [0.15, 0.2) is 0 Å². The van der Waals surface area contributed by atoms with E-state index in [4.69, 9.17) is 9.47 Å². The van der Waals surface area contributed by atoms with Crippen LogP contribution in [0.25, 0.3) is 0 Å². The number of hydrogen-bond donors (Lipinski definition) is 2. The highest BCUT2D eigenvalue weighted by Crippen LogP contribution is 2.89. The van der Waals surface area contributed by atoms with Gasteiger partial charge in [0.1, 0.15) is 11.9 Å². The number of aliphatic hydroxyl groups excluding tert-OH is 1. The Bertz CT molecular complexity index is 1330. The van der Waals surface area contributed by atoms with Crippen LogP contribution in [0.5, 0.6) is 0 Å². The van der Waals surface area contributed by atoms with Gasteiger partial charge in [0, 0.05) is 11.8 Å². The molecule has 1 saturated heterocycles. The smallest absolute Gasteiger partial charge is 0.338 e. The zero-order chi connectivity index (χ0) is 31.0. The summed E-state index contributed by atoms with van der Waals surface area (Å²) in [4.78, 5) is 27.3. The first-order chi connectivity index (χ1) is 20.0. The van der Waals surface area contributed by atoms with E-state index in [1.165, 1.54) is 0 Å². The van der Waals surface area contributed by atoms with Gasteiger partial charge in [-0.1, -0.05) is 45.9 Å². The molecule has 0 amide bonds. The van der Waals surface area contributed by atoms with Crippen molar-refractivity contribution < 1.29 is 29.3 Å². The van der Waals surface area contributed by atoms with Crippen molar-refractivity contribution in [2.24, 2.45) is 44.8 Å². The molecule has 6 heteroatoms. The fourth-order valence-electron chi connectivity index (χ4n) is 12.8. The van der Waals surface area contributed by atoms with Crippen molar-refractivity contribution in [2.45, 2.75) is 136 Å². The van der Waals surface area contributed by atoms with Crippen molar-refractivity contribution in [3.63, 3.8) is 0 Å². The van der Waals surface area contributed by atoms with Gasteiger partial charge in [0.05, 0.1) is 34.9 Å². The number of carbonyl (C=O) groups is 2. The zero-order valence-electron chi connectivity index (χ0n) is 27.2. The number of ketones is 1. The van der Waals surface area contributed by atoms with E-state index in [0.717, 1.165) is 44.9 Å². The molecule has 11 atom stereocenters. The molecule has 43 heavy (non-hydrogen) atoms. The topological polar surface area (TPSA) is 93.1 Å². The highest BCUT2D eigenvalue weighted by molar-refractivity contribution is 5.89. The van der Waals surface area contributed by atoms with Crippen LogP contribution in [-0.4, -0.2) is 51.5 Å². The van der Waals surface area contributed by atoms with Crippen LogP contribution in [0.15, 0.2) is 30.3 Å². The third-order valence-corrected chi connectivity index (χ3v) is 14.7. The maximum Gasteiger partial charge on any atom is 0.338 e. The first-order valence-corrected chi connectivity index (χ1v) is 16.8. The summed E-state index contributed by atoms with van der Waals surface area (Å²) in [6.07, 6.45) is 6.71. The van der Waals surface area contributed by atoms with E-state index in [0.29, 0.717) is 24.2 Å². The molecule has 7 rings (SSSR count). The number of rotatable bonds is 4. The van der Waals surface area contributed by atoms with Crippen LogP contribution >= 0.6 is 0 Å². The van der Waals surface area contributed by atoms with E-state index in [-0.39, 0.29) is 63.0 Å². The minimum Gasteiger partial charge on any atom is -0.458 e. The highest BCUT2D eigenvalue weighted by Gasteiger charge is 2.85. The molecule has 0 bridgehead atoms. The molecular weight excluding hydrogens is 540 g/mol. The third kappa shape index (κ3) is 3.75. The molecule has 6 fully saturated rings. The van der Waals surface area contributed by atoms with Crippen LogP contribution in [0.2, 0.25) is 0 Å². The summed E-state index contributed by atoms with van der Waals surface area (Å²) in [6.45, 7) is 14.9. The molecular formula is C37H52O6. The number of esters is 1. The first kappa shape index (κ1) is 29.9. The molecule has 6 nitrogen and oxygen atoms in total. The zero-order valence-corrected chi connectivity index (χ0v) is 27.2. The van der Waals surface area contributed by atoms with Crippen LogP contribution in [0.4, 0.5) is 0 Å². The lowest BCUT2D eigenvalue weighted by Gasteiger charge is -2.64. The fourth-order valence-corrected chi connectivity index (χ4v) is 12.8. The molecule has 0 aromatic heterocycles. The Morgan fingerprint density at radius 1 is 0.953 bits per heavy atom. The van der Waals surface area contributed by atoms with Crippen LogP contribution in [-0.2, 0) is 14.3 Å². The van der Waals surface area contributed by atoms with E-state index in [1.54, 1.807) is 26.0 Å². The number of ether oxygens (including phenoxy) is 2. The second-order valence-electron chi connectivity index (χ2n) is 17.5. The number of hydrogen-bond acceptors (Lipinski definition) is 6. The second kappa shape index (κ2) is 8.94. The molecule has 1 aromatic carbocycles. The van der Waals surface area contributed by atoms with E-state index in [1.807, 2.05) is 18.2 Å². The molecule has 2 N–H and O–H groups in total. The average Bonchev–Trinajstić information content (AvgIpc) is 3.27. The summed E-state index contributed by atoms with van der Waals surface area (Å²) in [7, 11) is 0. The van der Waals surface area contributed by atoms with Gasteiger partial charge in [-0.15, -0.1) is 0 Å². The monoisotopic (exact) mass is 592 g/mol. The third-order valence-electron chi connectivity index (χ3n) is 14.7. The van der Waals surface area contributed by atoms with Crippen molar-refractivity contribution in [2.75, 3.05) is 0 Å². The number of Topliss-reactive ketones (excluding diaryl/α,β-unsaturated/α-hetero) is 1. The van der Waals surface area contributed by atoms with Gasteiger partial charge in [0.25, 0.3) is 0 Å². The van der Waals surface area contributed by atoms with Crippen LogP contribution in [0, 0.1) is 44.8 Å². The average molecular weight is 593 g/mol. The van der Waals surface area contributed by atoms with Gasteiger partial charge in [-0.25, -0.2) is 4.79 Å². The van der Waals surface area contributed by atoms with Crippen LogP contribution < -0.4 is 0 Å². The lowest BCUT2D eigenvalue weighted by atomic mass is 9.41. The molecule has 236 valence electrons. The van der Waals surface area contributed by atoms with Gasteiger partial charge in [-0.2, -0.15) is 0 Å². The van der Waals surface area contributed by atoms with Crippen molar-refractivity contribution in [3.8, 4) is 0 Å². The number of carbonyl (C=O) groups excluding carboxylic acids is 2. The molecule has 1 aromatic rings. The van der Waals surface area contributed by atoms with Crippen molar-refractivity contribution in [1.29, 1.82) is 0 Å². The Morgan fingerprint density at radius 3 is 2.30 bits per heavy atom. The predicted molar refractivity (Wildman–Crippen MR) is 163 cm³/mol. The molecule has 2 spiro atoms. The van der Waals surface area contributed by atoms with E-state index in [2.05, 4.69) is 34.6 Å². The summed E-state index contributed by atoms with van der Waals surface area (Å²) in [5.41, 5.74) is -1.61. The molecule has 11 unspecified atom stereocenters. The maximum absolute atomic E-state index is 14.2. The SMILES string of the molecule is CC(C)(O)C1CCC(C)(C2C(=O)CC3(C)C4CC(O)C5C(C)(C)C(OC(=O)c6ccccc6)CCC56CC46CCC23C)O1. The maximum atomic E-state index is 14.2. The normalized spacial score (nSPS) is 49.8. The molecule has 5 aliphatic carbocycles. The fraction of sp³-hybridized carbons (Fsp3) is 0.784. The Kier molecular flexibility index (Phi) is 6.22. The first-order valence-electron chi connectivity index (χ1n) is 16.8. The standard InChI is InChI=1S/C37H52O6/c1-31(2)26(42-30(40)22-11-9-8-10-12-22)14-16-37-21-36(37)18-17-33(5)29(35(7)15-13-27(43-35)32(3,4)41)24(39)20-34(33,6)25(36)19-23(38)28(31)37/h8-12,23,25-29,38,41H,13-21H2,1-7H3. The second-order valence-corrected chi connectivity index (χ2v) is 17.5. The van der Waals surface area contributed by atoms with Crippen LogP contribution in [0.1, 0.15) is 117 Å². The summed E-state index contributed by atoms with van der Waals surface area (Å²) in [6, 6.07) is 9.21. The molecule has 1 heterocycles. The van der Waals surface area contributed by atoms with Gasteiger partial charge < -0.3 is 19.7 Å². The number of fused-ring (bicyclic) bond motifs is 2. The van der Waals surface area contributed by atoms with E-state index < -0.39 is 17.3 Å². The highest BCUT2D eigenvalue weighted by atomic mass is 16.5. The van der Waals surface area contributed by atoms with Gasteiger partial charge in [0.2, 0.25) is 0 Å². The van der Waals surface area contributed by atoms with Crippen molar-refractivity contribution in [1.82, 2.24) is 0 Å². The minimum absolute atomic E-state index is 0.0275. The van der Waals surface area contributed by atoms with E-state index >= 15 is 0 Å². The Hall–Kier alpha value is -1.76. The number of benzene rings is 1. The Morgan fingerprint density at radius 2 is 1.65 bits per heavy atom. The number of aliphatic hydroxyl groups is 2. The van der Waals surface area contributed by atoms with Gasteiger partial charge >= 0.3 is 5.97 Å². The largest absolute Gasteiger partial charge is 0.458 e. The molecule has 5 saturated carbocycles. The van der Waals surface area contributed by atoms with Gasteiger partial charge in [-0.3, -0.25) is 4.79 Å². The Labute approximate surface area is 257 Å². The van der Waals surface area contributed by atoms with Crippen molar-refractivity contribution >= 4 is 11.8 Å².